The summed E-state index contributed by atoms with van der Waals surface area (Å²) in [6.07, 6.45) is 0.910. The number of nitrogens with one attached hydrogen (secondary N) is 1. The molecule has 0 aliphatic carbocycles. The molecule has 3 aromatic carbocycles. The normalized spacial score (nSPS) is 12.0. The number of benzene rings is 3. The summed E-state index contributed by atoms with van der Waals surface area (Å²) in [6, 6.07) is 23.5. The predicted molar refractivity (Wildman–Crippen MR) is 158 cm³/mol. The van der Waals surface area contributed by atoms with Gasteiger partial charge in [-0.15, -0.1) is 0 Å². The van der Waals surface area contributed by atoms with E-state index < -0.39 is 28.5 Å². The van der Waals surface area contributed by atoms with Crippen LogP contribution >= 0.6 is 0 Å². The molecule has 8 nitrogen and oxygen atoms in total. The Bertz CT molecular complexity index is 1330. The maximum Gasteiger partial charge on any atom is 0.264 e. The van der Waals surface area contributed by atoms with Crippen molar-refractivity contribution in [3.63, 3.8) is 0 Å². The zero-order chi connectivity index (χ0) is 29.1. The molecule has 3 rings (SSSR count). The molecule has 0 fully saturated rings. The van der Waals surface area contributed by atoms with Crippen LogP contribution in [0.2, 0.25) is 0 Å². The van der Waals surface area contributed by atoms with E-state index in [1.165, 1.54) is 24.1 Å². The van der Waals surface area contributed by atoms with Gasteiger partial charge in [0.2, 0.25) is 11.8 Å². The van der Waals surface area contributed by atoms with Crippen molar-refractivity contribution in [3.8, 4) is 5.75 Å². The van der Waals surface area contributed by atoms with Gasteiger partial charge in [-0.25, -0.2) is 8.42 Å². The van der Waals surface area contributed by atoms with E-state index in [1.807, 2.05) is 51.1 Å². The van der Waals surface area contributed by atoms with Crippen molar-refractivity contribution in [1.82, 2.24) is 10.2 Å². The fourth-order valence-electron chi connectivity index (χ4n) is 4.32. The summed E-state index contributed by atoms with van der Waals surface area (Å²) in [6.45, 7) is 6.13. The molecule has 0 bridgehead atoms. The van der Waals surface area contributed by atoms with Crippen LogP contribution < -0.4 is 14.4 Å². The van der Waals surface area contributed by atoms with Crippen LogP contribution in [-0.4, -0.2) is 57.9 Å². The second kappa shape index (κ2) is 14.5. The van der Waals surface area contributed by atoms with Crippen LogP contribution in [0.5, 0.6) is 5.75 Å². The number of methoxy groups -OCH3 is 1. The van der Waals surface area contributed by atoms with Gasteiger partial charge in [0, 0.05) is 13.1 Å². The Morgan fingerprint density at radius 1 is 0.900 bits per heavy atom. The Morgan fingerprint density at radius 3 is 2.05 bits per heavy atom. The summed E-state index contributed by atoms with van der Waals surface area (Å²) < 4.78 is 34.0. The highest BCUT2D eigenvalue weighted by Gasteiger charge is 2.33. The predicted octanol–water partition coefficient (Wildman–Crippen LogP) is 4.51. The largest absolute Gasteiger partial charge is 0.497 e. The number of anilines is 1. The second-order valence-electron chi connectivity index (χ2n) is 9.91. The Kier molecular flexibility index (Phi) is 11.1. The molecule has 0 aliphatic rings. The molecular weight excluding hydrogens is 526 g/mol. The number of hydrogen-bond donors (Lipinski definition) is 1. The third-order valence-corrected chi connectivity index (χ3v) is 8.31. The minimum Gasteiger partial charge on any atom is -0.497 e. The fourth-order valence-corrected chi connectivity index (χ4v) is 5.75. The summed E-state index contributed by atoms with van der Waals surface area (Å²) in [5.74, 6) is 0.0957. The van der Waals surface area contributed by atoms with Crippen LogP contribution in [-0.2, 0) is 26.0 Å². The van der Waals surface area contributed by atoms with Gasteiger partial charge < -0.3 is 15.0 Å². The molecule has 0 spiro atoms. The Balaban J connectivity index is 1.98. The average molecular weight is 566 g/mol. The summed E-state index contributed by atoms with van der Waals surface area (Å²) >= 11 is 0. The quantitative estimate of drug-likeness (QED) is 0.310. The lowest BCUT2D eigenvalue weighted by molar-refractivity contribution is -0.139. The van der Waals surface area contributed by atoms with E-state index >= 15 is 0 Å². The summed E-state index contributed by atoms with van der Waals surface area (Å²) in [7, 11) is -2.57. The summed E-state index contributed by atoms with van der Waals surface area (Å²) in [5, 5.41) is 2.94. The summed E-state index contributed by atoms with van der Waals surface area (Å²) in [4.78, 5) is 28.8. The molecule has 0 aliphatic heterocycles. The van der Waals surface area contributed by atoms with Crippen molar-refractivity contribution in [1.29, 1.82) is 0 Å². The number of hydrogen-bond acceptors (Lipinski definition) is 5. The minimum absolute atomic E-state index is 0.0659. The first-order chi connectivity index (χ1) is 19.2. The van der Waals surface area contributed by atoms with E-state index in [0.717, 1.165) is 9.87 Å². The molecule has 3 aromatic rings. The first kappa shape index (κ1) is 30.7. The van der Waals surface area contributed by atoms with E-state index in [4.69, 9.17) is 4.74 Å². The molecule has 0 saturated heterocycles. The highest BCUT2D eigenvalue weighted by Crippen LogP contribution is 2.26. The molecule has 1 unspecified atom stereocenters. The van der Waals surface area contributed by atoms with Crippen LogP contribution in [0.4, 0.5) is 5.69 Å². The fraction of sp³-hybridized carbons (Fsp3) is 0.355. The van der Waals surface area contributed by atoms with E-state index in [0.29, 0.717) is 30.8 Å². The standard InChI is InChI=1S/C31H39N3O5S/c1-5-29(31(36)32-22-24(2)3)33(21-20-25-12-8-6-9-13-25)30(35)23-34(26-16-18-27(39-4)19-17-26)40(37,38)28-14-10-7-11-15-28/h6-19,24,29H,5,20-23H2,1-4H3,(H,32,36). The lowest BCUT2D eigenvalue weighted by Gasteiger charge is -2.33. The maximum atomic E-state index is 14.0. The van der Waals surface area contributed by atoms with Gasteiger partial charge in [0.25, 0.3) is 10.0 Å². The highest BCUT2D eigenvalue weighted by molar-refractivity contribution is 7.92. The SMILES string of the molecule is CCC(C(=O)NCC(C)C)N(CCc1ccccc1)C(=O)CN(c1ccc(OC)cc1)S(=O)(=O)c1ccccc1. The molecule has 9 heteroatoms. The Morgan fingerprint density at radius 2 is 1.50 bits per heavy atom. The molecule has 0 aromatic heterocycles. The minimum atomic E-state index is -4.10. The number of ether oxygens (including phenoxy) is 1. The third kappa shape index (κ3) is 8.08. The van der Waals surface area contributed by atoms with Crippen molar-refractivity contribution in [3.05, 3.63) is 90.5 Å². The van der Waals surface area contributed by atoms with Crippen LogP contribution in [0.1, 0.15) is 32.8 Å². The number of sulfonamides is 1. The van der Waals surface area contributed by atoms with Crippen LogP contribution in [0.15, 0.2) is 89.8 Å². The Hall–Kier alpha value is -3.85. The zero-order valence-electron chi connectivity index (χ0n) is 23.6. The van der Waals surface area contributed by atoms with Gasteiger partial charge in [0.15, 0.2) is 0 Å². The van der Waals surface area contributed by atoms with Crippen molar-refractivity contribution >= 4 is 27.5 Å². The van der Waals surface area contributed by atoms with E-state index in [-0.39, 0.29) is 23.3 Å². The molecule has 0 heterocycles. The molecular formula is C31H39N3O5S. The van der Waals surface area contributed by atoms with Crippen molar-refractivity contribution in [2.45, 2.75) is 44.6 Å². The smallest absolute Gasteiger partial charge is 0.264 e. The van der Waals surface area contributed by atoms with Gasteiger partial charge in [-0.1, -0.05) is 69.3 Å². The van der Waals surface area contributed by atoms with Crippen LogP contribution in [0.3, 0.4) is 0 Å². The highest BCUT2D eigenvalue weighted by atomic mass is 32.2. The number of amides is 2. The average Bonchev–Trinajstić information content (AvgIpc) is 2.97. The molecule has 40 heavy (non-hydrogen) atoms. The molecule has 2 amide bonds. The molecule has 0 radical (unpaired) electrons. The Labute approximate surface area is 238 Å². The van der Waals surface area contributed by atoms with Gasteiger partial charge in [0.05, 0.1) is 17.7 Å². The monoisotopic (exact) mass is 565 g/mol. The lowest BCUT2D eigenvalue weighted by atomic mass is 10.1. The van der Waals surface area contributed by atoms with Gasteiger partial charge >= 0.3 is 0 Å². The number of rotatable bonds is 14. The first-order valence-electron chi connectivity index (χ1n) is 13.5. The summed E-state index contributed by atoms with van der Waals surface area (Å²) in [5.41, 5.74) is 1.33. The van der Waals surface area contributed by atoms with Gasteiger partial charge in [-0.3, -0.25) is 13.9 Å². The molecule has 214 valence electrons. The number of nitrogens with zero attached hydrogens (tertiary/aromatic N) is 2. The third-order valence-electron chi connectivity index (χ3n) is 6.53. The van der Waals surface area contributed by atoms with Gasteiger partial charge in [0.1, 0.15) is 18.3 Å². The van der Waals surface area contributed by atoms with Crippen molar-refractivity contribution in [2.24, 2.45) is 5.92 Å². The van der Waals surface area contributed by atoms with Crippen LogP contribution in [0.25, 0.3) is 0 Å². The first-order valence-corrected chi connectivity index (χ1v) is 14.9. The van der Waals surface area contributed by atoms with Crippen molar-refractivity contribution < 1.29 is 22.7 Å². The van der Waals surface area contributed by atoms with Gasteiger partial charge in [-0.05, 0) is 60.7 Å². The van der Waals surface area contributed by atoms with E-state index in [9.17, 15) is 18.0 Å². The van der Waals surface area contributed by atoms with E-state index in [1.54, 1.807) is 42.5 Å². The molecule has 1 atom stereocenters. The van der Waals surface area contributed by atoms with Gasteiger partial charge in [-0.2, -0.15) is 0 Å². The van der Waals surface area contributed by atoms with E-state index in [2.05, 4.69) is 5.32 Å². The molecule has 0 saturated carbocycles. The maximum absolute atomic E-state index is 14.0. The van der Waals surface area contributed by atoms with Crippen LogP contribution in [0, 0.1) is 5.92 Å². The topological polar surface area (TPSA) is 96.0 Å². The lowest BCUT2D eigenvalue weighted by Crippen LogP contribution is -2.53. The zero-order valence-corrected chi connectivity index (χ0v) is 24.4. The molecule has 1 N–H and O–H groups in total. The second-order valence-corrected chi connectivity index (χ2v) is 11.8. The number of carbonyl (C=O) groups is 2. The number of carbonyl (C=O) groups excluding carboxylic acids is 2. The van der Waals surface area contributed by atoms with Crippen molar-refractivity contribution in [2.75, 3.05) is 31.0 Å².